The van der Waals surface area contributed by atoms with Gasteiger partial charge in [-0.2, -0.15) is 0 Å². The smallest absolute Gasteiger partial charge is 0.333 e. The average molecular weight is 430 g/mol. The van der Waals surface area contributed by atoms with Crippen molar-refractivity contribution in [1.29, 1.82) is 0 Å². The Balaban J connectivity index is 1.60. The zero-order chi connectivity index (χ0) is 22.1. The van der Waals surface area contributed by atoms with Gasteiger partial charge in [-0.1, -0.05) is 66.7 Å². The highest BCUT2D eigenvalue weighted by Crippen LogP contribution is 2.43. The van der Waals surface area contributed by atoms with Crippen LogP contribution < -0.4 is 10.9 Å². The molecule has 5 aromatic carbocycles. The summed E-state index contributed by atoms with van der Waals surface area (Å²) in [6.45, 7) is 2.38. The number of hydrogen-bond acceptors (Lipinski definition) is 0. The molecule has 0 N–H and O–H groups in total. The van der Waals surface area contributed by atoms with Crippen LogP contribution in [0.5, 0.6) is 0 Å². The quantitative estimate of drug-likeness (QED) is 0.256. The standard InChI is InChI=1S/C31H19BN2/c1-18-16-23-20-9-3-5-14-27(20)34-30(23)24(17-18)21-10-7-15-28-29(21)32(34)25-12-6-11-22-19-8-2-4-13-26(19)33(28)31(22)25/h2-17H,1H3. The number of aromatic nitrogens is 2. The second kappa shape index (κ2) is 5.63. The van der Waals surface area contributed by atoms with Crippen LogP contribution in [-0.2, 0) is 0 Å². The number of para-hydroxylation sites is 3. The van der Waals surface area contributed by atoms with Gasteiger partial charge in [-0.05, 0) is 59.3 Å². The van der Waals surface area contributed by atoms with Crippen molar-refractivity contribution in [2.45, 2.75) is 6.92 Å². The van der Waals surface area contributed by atoms with Gasteiger partial charge in [0.15, 0.2) is 0 Å². The number of benzene rings is 5. The van der Waals surface area contributed by atoms with Crippen LogP contribution >= 0.6 is 0 Å². The lowest BCUT2D eigenvalue weighted by molar-refractivity contribution is 1.17. The second-order valence-corrected chi connectivity index (χ2v) is 9.83. The third-order valence-corrected chi connectivity index (χ3v) is 8.12. The molecule has 0 saturated carbocycles. The lowest BCUT2D eigenvalue weighted by Gasteiger charge is -2.34. The van der Waals surface area contributed by atoms with Gasteiger partial charge in [0.05, 0.1) is 11.0 Å². The lowest BCUT2D eigenvalue weighted by atomic mass is 9.45. The molecule has 0 unspecified atom stereocenters. The first-order chi connectivity index (χ1) is 16.8. The maximum Gasteiger partial charge on any atom is 0.333 e. The van der Waals surface area contributed by atoms with Gasteiger partial charge in [0.1, 0.15) is 0 Å². The minimum absolute atomic E-state index is 0.157. The zero-order valence-electron chi connectivity index (χ0n) is 18.7. The summed E-state index contributed by atoms with van der Waals surface area (Å²) < 4.78 is 5.14. The van der Waals surface area contributed by atoms with E-state index in [0.29, 0.717) is 0 Å². The number of aryl methyl sites for hydroxylation is 1. The molecule has 156 valence electrons. The summed E-state index contributed by atoms with van der Waals surface area (Å²) >= 11 is 0. The maximum atomic E-state index is 2.63. The van der Waals surface area contributed by atoms with Gasteiger partial charge in [-0.3, -0.25) is 0 Å². The van der Waals surface area contributed by atoms with Gasteiger partial charge in [0.2, 0.25) is 0 Å². The van der Waals surface area contributed by atoms with E-state index >= 15 is 0 Å². The first kappa shape index (κ1) is 17.3. The SMILES string of the molecule is Cc1cc2c3c(c1)c1ccccc1n3B1c3c-2cccc3-n2c3ccccc3c3cccc1c32. The van der Waals surface area contributed by atoms with Crippen LogP contribution in [0.3, 0.4) is 0 Å². The van der Waals surface area contributed by atoms with Gasteiger partial charge in [0.25, 0.3) is 0 Å². The Morgan fingerprint density at radius 2 is 1.32 bits per heavy atom. The van der Waals surface area contributed by atoms with E-state index in [9.17, 15) is 0 Å². The van der Waals surface area contributed by atoms with Crippen LogP contribution in [0, 0.1) is 6.92 Å². The Hall–Kier alpha value is -4.24. The fraction of sp³-hybridized carbons (Fsp3) is 0.0323. The van der Waals surface area contributed by atoms with Gasteiger partial charge >= 0.3 is 6.85 Å². The molecule has 34 heavy (non-hydrogen) atoms. The Labute approximate surface area is 196 Å². The molecule has 3 heteroatoms. The van der Waals surface area contributed by atoms with E-state index < -0.39 is 0 Å². The van der Waals surface area contributed by atoms with E-state index in [1.165, 1.54) is 76.9 Å². The summed E-state index contributed by atoms with van der Waals surface area (Å²) in [7, 11) is 0. The molecule has 0 atom stereocenters. The Bertz CT molecular complexity index is 2040. The molecule has 0 bridgehead atoms. The van der Waals surface area contributed by atoms with Crippen LogP contribution in [0.2, 0.25) is 0 Å². The average Bonchev–Trinajstić information content (AvgIpc) is 3.39. The van der Waals surface area contributed by atoms with Crippen LogP contribution in [-0.4, -0.2) is 15.9 Å². The van der Waals surface area contributed by atoms with Gasteiger partial charge in [0, 0.05) is 43.8 Å². The van der Waals surface area contributed by atoms with E-state index in [1.54, 1.807) is 0 Å². The first-order valence-electron chi connectivity index (χ1n) is 12.0. The maximum absolute atomic E-state index is 2.63. The molecule has 0 radical (unpaired) electrons. The Kier molecular flexibility index (Phi) is 2.86. The normalized spacial score (nSPS) is 13.4. The number of nitrogens with zero attached hydrogens (tertiary/aromatic N) is 2. The Morgan fingerprint density at radius 1 is 0.588 bits per heavy atom. The molecular weight excluding hydrogens is 411 g/mol. The van der Waals surface area contributed by atoms with Crippen LogP contribution in [0.1, 0.15) is 5.56 Å². The van der Waals surface area contributed by atoms with Crippen LogP contribution in [0.25, 0.3) is 60.4 Å². The summed E-state index contributed by atoms with van der Waals surface area (Å²) in [5.41, 5.74) is 13.5. The minimum Gasteiger partial charge on any atom is -0.375 e. The summed E-state index contributed by atoms with van der Waals surface area (Å²) in [4.78, 5) is 0. The van der Waals surface area contributed by atoms with Gasteiger partial charge in [-0.25, -0.2) is 0 Å². The van der Waals surface area contributed by atoms with Crippen molar-refractivity contribution in [1.82, 2.24) is 9.05 Å². The van der Waals surface area contributed by atoms with E-state index in [0.717, 1.165) is 0 Å². The number of rotatable bonds is 0. The molecule has 0 amide bonds. The van der Waals surface area contributed by atoms with Gasteiger partial charge < -0.3 is 9.05 Å². The van der Waals surface area contributed by atoms with Crippen molar-refractivity contribution in [3.05, 3.63) is 103 Å². The summed E-state index contributed by atoms with van der Waals surface area (Å²) in [6.07, 6.45) is 0. The number of hydrogen-bond donors (Lipinski definition) is 0. The highest BCUT2D eigenvalue weighted by atomic mass is 15.0. The van der Waals surface area contributed by atoms with Crippen molar-refractivity contribution >= 4 is 61.4 Å². The highest BCUT2D eigenvalue weighted by molar-refractivity contribution is 6.90. The molecule has 4 heterocycles. The highest BCUT2D eigenvalue weighted by Gasteiger charge is 2.40. The van der Waals surface area contributed by atoms with E-state index in [2.05, 4.69) is 113 Å². The molecule has 2 aromatic heterocycles. The molecule has 2 aliphatic heterocycles. The van der Waals surface area contributed by atoms with Gasteiger partial charge in [-0.15, -0.1) is 0 Å². The van der Waals surface area contributed by atoms with Crippen molar-refractivity contribution in [2.24, 2.45) is 0 Å². The molecule has 0 spiro atoms. The minimum atomic E-state index is 0.157. The second-order valence-electron chi connectivity index (χ2n) is 9.83. The number of fused-ring (bicyclic) bond motifs is 10. The summed E-state index contributed by atoms with van der Waals surface area (Å²) in [5, 5.41) is 5.37. The zero-order valence-corrected chi connectivity index (χ0v) is 18.7. The van der Waals surface area contributed by atoms with Crippen molar-refractivity contribution in [3.63, 3.8) is 0 Å². The molecule has 0 fully saturated rings. The molecule has 0 aliphatic carbocycles. The first-order valence-corrected chi connectivity index (χ1v) is 12.0. The molecule has 0 saturated heterocycles. The predicted octanol–water partition coefficient (Wildman–Crippen LogP) is 6.15. The van der Waals surface area contributed by atoms with Crippen molar-refractivity contribution < 1.29 is 0 Å². The molecule has 2 nitrogen and oxygen atoms in total. The van der Waals surface area contributed by atoms with Crippen molar-refractivity contribution in [2.75, 3.05) is 0 Å². The summed E-state index contributed by atoms with van der Waals surface area (Å²) in [5.74, 6) is 0. The molecule has 2 aliphatic rings. The summed E-state index contributed by atoms with van der Waals surface area (Å²) in [6, 6.07) is 36.3. The van der Waals surface area contributed by atoms with E-state index in [4.69, 9.17) is 0 Å². The fourth-order valence-electron chi connectivity index (χ4n) is 6.96. The fourth-order valence-corrected chi connectivity index (χ4v) is 6.96. The molecule has 9 rings (SSSR count). The predicted molar refractivity (Wildman–Crippen MR) is 144 cm³/mol. The van der Waals surface area contributed by atoms with Crippen LogP contribution in [0.4, 0.5) is 0 Å². The van der Waals surface area contributed by atoms with E-state index in [1.807, 2.05) is 0 Å². The monoisotopic (exact) mass is 430 g/mol. The third kappa shape index (κ3) is 1.78. The molecular formula is C31H19BN2. The Morgan fingerprint density at radius 3 is 2.21 bits per heavy atom. The largest absolute Gasteiger partial charge is 0.375 e. The third-order valence-electron chi connectivity index (χ3n) is 8.12. The van der Waals surface area contributed by atoms with E-state index in [-0.39, 0.29) is 6.85 Å². The van der Waals surface area contributed by atoms with Crippen LogP contribution in [0.15, 0.2) is 97.1 Å². The van der Waals surface area contributed by atoms with Crippen molar-refractivity contribution in [3.8, 4) is 16.8 Å². The lowest BCUT2D eigenvalue weighted by Crippen LogP contribution is -2.55. The molecule has 7 aromatic rings. The topological polar surface area (TPSA) is 9.86 Å².